The van der Waals surface area contributed by atoms with Crippen molar-refractivity contribution in [3.05, 3.63) is 35.9 Å². The van der Waals surface area contributed by atoms with Crippen molar-refractivity contribution < 1.29 is 19.2 Å². The number of hydrogen-bond donors (Lipinski definition) is 1. The molecular weight excluding hydrogens is 402 g/mol. The van der Waals surface area contributed by atoms with E-state index in [4.69, 9.17) is 15.3 Å². The Hall–Kier alpha value is -1.93. The van der Waals surface area contributed by atoms with Gasteiger partial charge in [0.25, 0.3) is 0 Å². The minimum absolute atomic E-state index is 0.0385. The molecule has 0 spiro atoms. The Kier molecular flexibility index (Phi) is 7.59. The highest BCUT2D eigenvalue weighted by Gasteiger charge is 2.33. The van der Waals surface area contributed by atoms with Crippen LogP contribution in [0.25, 0.3) is 0 Å². The largest absolute Gasteiger partial charge is 0.449 e. The number of oxime groups is 1. The van der Waals surface area contributed by atoms with E-state index in [2.05, 4.69) is 21.1 Å². The van der Waals surface area contributed by atoms with E-state index in [-0.39, 0.29) is 19.1 Å². The molecule has 2 N–H and O–H groups in total. The highest BCUT2D eigenvalue weighted by atomic mass is 79.9. The second-order valence-corrected chi connectivity index (χ2v) is 7.53. The molecule has 1 aromatic carbocycles. The minimum atomic E-state index is -0.852. The summed E-state index contributed by atoms with van der Waals surface area (Å²) in [6, 6.07) is 8.57. The van der Waals surface area contributed by atoms with E-state index in [1.165, 1.54) is 0 Å². The zero-order chi connectivity index (χ0) is 19.1. The van der Waals surface area contributed by atoms with E-state index in [0.29, 0.717) is 17.5 Å². The standard InChI is InChI=1S/C18H24BrN3O4/c1-12(2)11-25-18(24)22(10-14-9-16(19)21-26-14)17(23)15(20)8-13-6-4-3-5-7-13/h3-7,12,14-15H,8-11,20H2,1-2H3/t14?,15-/m0/s1. The van der Waals surface area contributed by atoms with Gasteiger partial charge in [-0.2, -0.15) is 0 Å². The van der Waals surface area contributed by atoms with Crippen molar-refractivity contribution in [2.45, 2.75) is 38.8 Å². The summed E-state index contributed by atoms with van der Waals surface area (Å²) in [5.74, 6) is -0.330. The number of amides is 2. The van der Waals surface area contributed by atoms with Crippen molar-refractivity contribution >= 4 is 32.6 Å². The summed E-state index contributed by atoms with van der Waals surface area (Å²) in [7, 11) is 0. The summed E-state index contributed by atoms with van der Waals surface area (Å²) in [5, 5.41) is 3.79. The molecular formula is C18H24BrN3O4. The zero-order valence-corrected chi connectivity index (χ0v) is 16.5. The topological polar surface area (TPSA) is 94.2 Å². The molecule has 142 valence electrons. The Morgan fingerprint density at radius 1 is 1.38 bits per heavy atom. The molecule has 1 aromatic rings. The van der Waals surface area contributed by atoms with E-state index in [0.717, 1.165) is 10.5 Å². The number of carbonyl (C=O) groups excluding carboxylic acids is 2. The normalized spacial score (nSPS) is 17.4. The quantitative estimate of drug-likeness (QED) is 0.724. The fourth-order valence-corrected chi connectivity index (χ4v) is 2.87. The number of nitrogens with zero attached hydrogens (tertiary/aromatic N) is 2. The number of rotatable bonds is 7. The van der Waals surface area contributed by atoms with Crippen LogP contribution in [0.4, 0.5) is 4.79 Å². The minimum Gasteiger partial charge on any atom is -0.449 e. The predicted molar refractivity (Wildman–Crippen MR) is 102 cm³/mol. The molecule has 1 aliphatic heterocycles. The van der Waals surface area contributed by atoms with Crippen molar-refractivity contribution in [1.82, 2.24) is 4.90 Å². The first-order valence-electron chi connectivity index (χ1n) is 8.52. The molecule has 1 aliphatic rings. The first kappa shape index (κ1) is 20.4. The van der Waals surface area contributed by atoms with Gasteiger partial charge in [-0.15, -0.1) is 0 Å². The van der Waals surface area contributed by atoms with Gasteiger partial charge in [0.2, 0.25) is 5.91 Å². The average molecular weight is 426 g/mol. The number of carbonyl (C=O) groups is 2. The second kappa shape index (κ2) is 9.68. The number of nitrogens with two attached hydrogens (primary N) is 1. The van der Waals surface area contributed by atoms with Gasteiger partial charge in [0.15, 0.2) is 6.10 Å². The lowest BCUT2D eigenvalue weighted by Gasteiger charge is -2.25. The molecule has 0 aliphatic carbocycles. The van der Waals surface area contributed by atoms with Crippen LogP contribution < -0.4 is 5.73 Å². The number of imide groups is 1. The van der Waals surface area contributed by atoms with Crippen LogP contribution >= 0.6 is 15.9 Å². The van der Waals surface area contributed by atoms with Crippen molar-refractivity contribution in [2.75, 3.05) is 13.2 Å². The fraction of sp³-hybridized carbons (Fsp3) is 0.500. The summed E-state index contributed by atoms with van der Waals surface area (Å²) in [6.07, 6.45) is -0.309. The third-order valence-electron chi connectivity index (χ3n) is 3.73. The average Bonchev–Trinajstić information content (AvgIpc) is 3.03. The van der Waals surface area contributed by atoms with E-state index in [9.17, 15) is 9.59 Å². The van der Waals surface area contributed by atoms with Gasteiger partial charge in [-0.05, 0) is 33.8 Å². The molecule has 0 radical (unpaired) electrons. The van der Waals surface area contributed by atoms with Crippen LogP contribution in [-0.2, 0) is 20.8 Å². The Bertz CT molecular complexity index is 651. The lowest BCUT2D eigenvalue weighted by Crippen LogP contribution is -2.50. The van der Waals surface area contributed by atoms with Gasteiger partial charge in [-0.25, -0.2) is 9.69 Å². The maximum atomic E-state index is 12.8. The molecule has 0 saturated carbocycles. The second-order valence-electron chi connectivity index (χ2n) is 6.61. The molecule has 0 fully saturated rings. The lowest BCUT2D eigenvalue weighted by atomic mass is 10.1. The first-order valence-corrected chi connectivity index (χ1v) is 9.32. The van der Waals surface area contributed by atoms with E-state index in [1.54, 1.807) is 0 Å². The molecule has 2 amide bonds. The van der Waals surface area contributed by atoms with E-state index in [1.807, 2.05) is 44.2 Å². The van der Waals surface area contributed by atoms with Crippen LogP contribution in [0.2, 0.25) is 0 Å². The highest BCUT2D eigenvalue weighted by molar-refractivity contribution is 9.18. The number of halogens is 1. The Balaban J connectivity index is 2.05. The summed E-state index contributed by atoms with van der Waals surface area (Å²) in [5.41, 5.74) is 6.99. The third-order valence-corrected chi connectivity index (χ3v) is 4.19. The maximum Gasteiger partial charge on any atom is 0.416 e. The smallest absolute Gasteiger partial charge is 0.416 e. The van der Waals surface area contributed by atoms with Crippen molar-refractivity contribution in [2.24, 2.45) is 16.8 Å². The van der Waals surface area contributed by atoms with Crippen molar-refractivity contribution in [1.29, 1.82) is 0 Å². The fourth-order valence-electron chi connectivity index (χ4n) is 2.42. The molecule has 0 aromatic heterocycles. The lowest BCUT2D eigenvalue weighted by molar-refractivity contribution is -0.132. The van der Waals surface area contributed by atoms with Gasteiger partial charge in [-0.3, -0.25) is 4.79 Å². The van der Waals surface area contributed by atoms with Crippen molar-refractivity contribution in [3.8, 4) is 0 Å². The summed E-state index contributed by atoms with van der Waals surface area (Å²) in [4.78, 5) is 31.5. The number of hydrogen-bond acceptors (Lipinski definition) is 6. The monoisotopic (exact) mass is 425 g/mol. The van der Waals surface area contributed by atoms with Gasteiger partial charge < -0.3 is 15.3 Å². The van der Waals surface area contributed by atoms with Crippen LogP contribution in [0.5, 0.6) is 0 Å². The molecule has 7 nitrogen and oxygen atoms in total. The van der Waals surface area contributed by atoms with Crippen LogP contribution in [0.1, 0.15) is 25.8 Å². The van der Waals surface area contributed by atoms with Gasteiger partial charge in [0.05, 0.1) is 19.2 Å². The molecule has 2 atom stereocenters. The van der Waals surface area contributed by atoms with Gasteiger partial charge in [-0.1, -0.05) is 49.3 Å². The van der Waals surface area contributed by atoms with Crippen LogP contribution in [0.15, 0.2) is 35.5 Å². The first-order chi connectivity index (χ1) is 12.4. The molecule has 0 bridgehead atoms. The van der Waals surface area contributed by atoms with E-state index >= 15 is 0 Å². The molecule has 1 heterocycles. The van der Waals surface area contributed by atoms with E-state index < -0.39 is 24.1 Å². The van der Waals surface area contributed by atoms with Gasteiger partial charge >= 0.3 is 6.09 Å². The SMILES string of the molecule is CC(C)COC(=O)N(CC1CC(Br)=NO1)C(=O)[C@@H](N)Cc1ccccc1. The van der Waals surface area contributed by atoms with Gasteiger partial charge in [0, 0.05) is 6.42 Å². The number of ether oxygens (including phenoxy) is 1. The molecule has 1 unspecified atom stereocenters. The maximum absolute atomic E-state index is 12.8. The molecule has 8 heteroatoms. The Morgan fingerprint density at radius 3 is 2.65 bits per heavy atom. The Labute approximate surface area is 161 Å². The van der Waals surface area contributed by atoms with Crippen molar-refractivity contribution in [3.63, 3.8) is 0 Å². The summed E-state index contributed by atoms with van der Waals surface area (Å²) in [6.45, 7) is 4.11. The van der Waals surface area contributed by atoms with Crippen LogP contribution in [0.3, 0.4) is 0 Å². The van der Waals surface area contributed by atoms with Crippen LogP contribution in [-0.4, -0.2) is 46.8 Å². The molecule has 26 heavy (non-hydrogen) atoms. The van der Waals surface area contributed by atoms with Crippen LogP contribution in [0, 0.1) is 5.92 Å². The Morgan fingerprint density at radius 2 is 2.08 bits per heavy atom. The molecule has 2 rings (SSSR count). The third kappa shape index (κ3) is 6.10. The highest BCUT2D eigenvalue weighted by Crippen LogP contribution is 2.17. The number of benzene rings is 1. The molecule has 0 saturated heterocycles. The summed E-state index contributed by atoms with van der Waals surface area (Å²) >= 11 is 3.25. The predicted octanol–water partition coefficient (Wildman–Crippen LogP) is 2.67. The van der Waals surface area contributed by atoms with Gasteiger partial charge in [0.1, 0.15) is 4.62 Å². The zero-order valence-electron chi connectivity index (χ0n) is 14.9. The summed E-state index contributed by atoms with van der Waals surface area (Å²) < 4.78 is 5.87.